The highest BCUT2D eigenvalue weighted by molar-refractivity contribution is 7.97. The molecule has 0 bridgehead atoms. The summed E-state index contributed by atoms with van der Waals surface area (Å²) in [6.45, 7) is 2.13. The van der Waals surface area contributed by atoms with E-state index < -0.39 is 47.7 Å². The molecule has 0 fully saturated rings. The van der Waals surface area contributed by atoms with Crippen LogP contribution in [0.3, 0.4) is 0 Å². The number of alkyl halides is 15. The van der Waals surface area contributed by atoms with Gasteiger partial charge >= 0.3 is 41.7 Å². The van der Waals surface area contributed by atoms with E-state index >= 15 is 0 Å². The predicted octanol–water partition coefficient (Wildman–Crippen LogP) is 8.20. The average Bonchev–Trinajstić information content (AvgIpc) is 2.94. The van der Waals surface area contributed by atoms with Gasteiger partial charge in [0.2, 0.25) is 0 Å². The Balaban J connectivity index is 0.000000319. The average molecular weight is 690 g/mol. The number of benzene rings is 3. The van der Waals surface area contributed by atoms with Gasteiger partial charge in [-0.3, -0.25) is 0 Å². The first-order valence-electron chi connectivity index (χ1n) is 11.7. The molecule has 3 aromatic rings. The van der Waals surface area contributed by atoms with E-state index in [1.54, 1.807) is 0 Å². The summed E-state index contributed by atoms with van der Waals surface area (Å²) in [5.74, 6) is -53.3. The normalized spacial score (nSPS) is 13.7. The Morgan fingerprint density at radius 1 is 0.489 bits per heavy atom. The Morgan fingerprint density at radius 3 is 1.13 bits per heavy atom. The van der Waals surface area contributed by atoms with E-state index in [2.05, 4.69) is 91.9 Å². The van der Waals surface area contributed by atoms with Crippen molar-refractivity contribution in [3.8, 4) is 0 Å². The Bertz CT molecular complexity index is 1390. The number of hydrogen-bond acceptors (Lipinski definition) is 2. The number of carbonyl (C=O) groups excluding carboxylic acids is 1. The largest absolute Gasteiger partial charge is 0.544 e. The molecule has 2 nitrogen and oxygen atoms in total. The number of carboxylic acid groups (broad SMARTS) is 1. The first kappa shape index (κ1) is 37.6. The Hall–Kier alpha value is -3.57. The van der Waals surface area contributed by atoms with E-state index in [9.17, 15) is 75.8 Å². The maximum Gasteiger partial charge on any atom is 0.460 e. The van der Waals surface area contributed by atoms with Crippen molar-refractivity contribution >= 4 is 16.9 Å². The van der Waals surface area contributed by atoms with Crippen molar-refractivity contribution in [3.05, 3.63) is 90.5 Å². The molecule has 248 valence electrons. The van der Waals surface area contributed by atoms with Gasteiger partial charge in [-0.25, -0.2) is 0 Å². The van der Waals surface area contributed by atoms with Crippen LogP contribution in [0, 0.1) is 6.92 Å². The maximum absolute atomic E-state index is 12.8. The highest BCUT2D eigenvalue weighted by Gasteiger charge is 2.93. The quantitative estimate of drug-likeness (QED) is 0.168. The van der Waals surface area contributed by atoms with Gasteiger partial charge in [0.15, 0.2) is 14.7 Å². The Labute approximate surface area is 246 Å². The third-order valence-electron chi connectivity index (χ3n) is 5.80. The second-order valence-corrected chi connectivity index (χ2v) is 11.0. The third-order valence-corrected chi connectivity index (χ3v) is 8.03. The summed E-state index contributed by atoms with van der Waals surface area (Å²) in [4.78, 5) is 13.7. The molecule has 0 amide bonds. The van der Waals surface area contributed by atoms with Crippen molar-refractivity contribution in [3.63, 3.8) is 0 Å². The number of rotatable bonds is 9. The molecule has 0 spiro atoms. The van der Waals surface area contributed by atoms with Crippen LogP contribution >= 0.6 is 0 Å². The van der Waals surface area contributed by atoms with E-state index in [1.807, 2.05) is 0 Å². The summed E-state index contributed by atoms with van der Waals surface area (Å²) in [5, 5.41) is 9.61. The van der Waals surface area contributed by atoms with Crippen LogP contribution in [-0.4, -0.2) is 47.7 Å². The summed E-state index contributed by atoms with van der Waals surface area (Å²) < 4.78 is 186. The van der Waals surface area contributed by atoms with Crippen LogP contribution in [0.2, 0.25) is 0 Å². The van der Waals surface area contributed by atoms with Gasteiger partial charge in [-0.2, -0.15) is 65.9 Å². The molecule has 0 aliphatic carbocycles. The standard InChI is InChI=1S/C19H17S.C8HF15O2/c1-16-12-14-19(15-13-16)20(17-8-4-2-5-9-17)18-10-6-3-7-11-18;9-2(10,1(24)25)3(11,12)4(13,14)5(15,16)6(17,18)7(19,20)8(21,22)23/h2-15H,1H3;(H,24,25)/q+1;/p-1. The molecule has 3 aromatic carbocycles. The molecule has 0 atom stereocenters. The van der Waals surface area contributed by atoms with Crippen LogP contribution in [0.25, 0.3) is 0 Å². The topological polar surface area (TPSA) is 40.1 Å². The minimum atomic E-state index is -8.50. The maximum atomic E-state index is 12.8. The monoisotopic (exact) mass is 690 g/mol. The zero-order chi connectivity index (χ0) is 34.9. The van der Waals surface area contributed by atoms with Crippen LogP contribution in [-0.2, 0) is 15.7 Å². The van der Waals surface area contributed by atoms with Crippen molar-refractivity contribution in [1.82, 2.24) is 0 Å². The first-order valence-corrected chi connectivity index (χ1v) is 13.0. The zero-order valence-electron chi connectivity index (χ0n) is 22.0. The first-order chi connectivity index (χ1) is 20.3. The lowest BCUT2D eigenvalue weighted by Gasteiger charge is -2.41. The van der Waals surface area contributed by atoms with E-state index in [1.165, 1.54) is 20.2 Å². The molecule has 0 aliphatic rings. The summed E-state index contributed by atoms with van der Waals surface area (Å²) in [5.41, 5.74) is 1.30. The molecule has 0 radical (unpaired) electrons. The highest BCUT2D eigenvalue weighted by atomic mass is 32.2. The smallest absolute Gasteiger partial charge is 0.460 e. The molecular formula is C27H17F15O2S. The van der Waals surface area contributed by atoms with Crippen LogP contribution in [0.5, 0.6) is 0 Å². The van der Waals surface area contributed by atoms with Crippen LogP contribution < -0.4 is 5.11 Å². The predicted molar refractivity (Wildman–Crippen MR) is 127 cm³/mol. The van der Waals surface area contributed by atoms with E-state index in [-0.39, 0.29) is 10.9 Å². The van der Waals surface area contributed by atoms with Gasteiger partial charge < -0.3 is 9.90 Å². The van der Waals surface area contributed by atoms with Gasteiger partial charge in [-0.1, -0.05) is 54.1 Å². The lowest BCUT2D eigenvalue weighted by atomic mass is 9.91. The van der Waals surface area contributed by atoms with Crippen LogP contribution in [0.15, 0.2) is 99.6 Å². The number of carbonyl (C=O) groups is 1. The summed E-state index contributed by atoms with van der Waals surface area (Å²) >= 11 is 0. The molecule has 3 rings (SSSR count). The zero-order valence-corrected chi connectivity index (χ0v) is 22.8. The van der Waals surface area contributed by atoms with E-state index in [0.717, 1.165) is 0 Å². The van der Waals surface area contributed by atoms with E-state index in [4.69, 9.17) is 0 Å². The highest BCUT2D eigenvalue weighted by Crippen LogP contribution is 2.62. The lowest BCUT2D eigenvalue weighted by Crippen LogP contribution is -2.74. The van der Waals surface area contributed by atoms with Crippen molar-refractivity contribution in [1.29, 1.82) is 0 Å². The molecule has 18 heteroatoms. The van der Waals surface area contributed by atoms with Crippen molar-refractivity contribution in [2.75, 3.05) is 0 Å². The number of carboxylic acids is 1. The van der Waals surface area contributed by atoms with Gasteiger partial charge in [-0.15, -0.1) is 0 Å². The van der Waals surface area contributed by atoms with Gasteiger partial charge in [0, 0.05) is 0 Å². The number of aryl methyl sites for hydroxylation is 1. The van der Waals surface area contributed by atoms with Gasteiger partial charge in [0.05, 0.1) is 10.9 Å². The summed E-state index contributed by atoms with van der Waals surface area (Å²) in [6.07, 6.45) is -7.71. The molecule has 0 saturated carbocycles. The molecule has 45 heavy (non-hydrogen) atoms. The molecule has 0 heterocycles. The number of aliphatic carboxylic acids is 1. The second kappa shape index (κ2) is 12.7. The van der Waals surface area contributed by atoms with Crippen LogP contribution in [0.1, 0.15) is 5.56 Å². The van der Waals surface area contributed by atoms with E-state index in [0.29, 0.717) is 0 Å². The number of halogens is 15. The van der Waals surface area contributed by atoms with Gasteiger partial charge in [0.1, 0.15) is 5.97 Å². The molecular weight excluding hydrogens is 673 g/mol. The minimum absolute atomic E-state index is 0.0229. The van der Waals surface area contributed by atoms with Crippen LogP contribution in [0.4, 0.5) is 65.9 Å². The fourth-order valence-electron chi connectivity index (χ4n) is 3.29. The SMILES string of the molecule is Cc1ccc([S+](c2ccccc2)c2ccccc2)cc1.O=C([O-])C(F)(F)C(F)(F)C(F)(F)C(F)(F)C(F)(F)C(F)(F)C(F)(F)F. The fourth-order valence-corrected chi connectivity index (χ4v) is 5.37. The van der Waals surface area contributed by atoms with Gasteiger partial charge in [-0.05, 0) is 43.3 Å². The third kappa shape index (κ3) is 6.70. The minimum Gasteiger partial charge on any atom is -0.544 e. The van der Waals surface area contributed by atoms with Crippen molar-refractivity contribution < 1.29 is 75.8 Å². The lowest BCUT2D eigenvalue weighted by molar-refractivity contribution is -0.454. The van der Waals surface area contributed by atoms with Gasteiger partial charge in [0.25, 0.3) is 0 Å². The Kier molecular flexibility index (Phi) is 10.6. The molecule has 0 N–H and O–H groups in total. The molecule has 0 aromatic heterocycles. The fraction of sp³-hybridized carbons (Fsp3) is 0.296. The van der Waals surface area contributed by atoms with Crippen molar-refractivity contribution in [2.45, 2.75) is 63.3 Å². The second-order valence-electron chi connectivity index (χ2n) is 8.98. The molecule has 0 saturated heterocycles. The summed E-state index contributed by atoms with van der Waals surface area (Å²) in [7, 11) is -0.0229. The van der Waals surface area contributed by atoms with Crippen molar-refractivity contribution in [2.24, 2.45) is 0 Å². The Morgan fingerprint density at radius 2 is 0.800 bits per heavy atom. The number of hydrogen-bond donors (Lipinski definition) is 0. The molecule has 0 aliphatic heterocycles. The summed E-state index contributed by atoms with van der Waals surface area (Å²) in [6, 6.07) is 30.4. The molecule has 0 unspecified atom stereocenters.